The fourth-order valence-electron chi connectivity index (χ4n) is 4.25. The third-order valence-corrected chi connectivity index (χ3v) is 6.29. The molecule has 0 aromatic heterocycles. The molecule has 7 heteroatoms. The maximum Gasteiger partial charge on any atom is 0.254 e. The van der Waals surface area contributed by atoms with E-state index < -0.39 is 5.60 Å². The summed E-state index contributed by atoms with van der Waals surface area (Å²) in [5.74, 6) is 0.161. The first-order chi connectivity index (χ1) is 13.5. The van der Waals surface area contributed by atoms with Crippen molar-refractivity contribution in [1.82, 2.24) is 15.1 Å². The van der Waals surface area contributed by atoms with Gasteiger partial charge in [0.15, 0.2) is 0 Å². The number of ether oxygens (including phenoxy) is 1. The minimum Gasteiger partial charge on any atom is -0.380 e. The Morgan fingerprint density at radius 3 is 2.36 bits per heavy atom. The second-order valence-electron chi connectivity index (χ2n) is 8.11. The lowest BCUT2D eigenvalue weighted by atomic mass is 9.87. The Labute approximate surface area is 165 Å². The highest BCUT2D eigenvalue weighted by molar-refractivity contribution is 5.94. The molecule has 152 valence electrons. The number of rotatable bonds is 4. The lowest BCUT2D eigenvalue weighted by Crippen LogP contribution is -2.53. The van der Waals surface area contributed by atoms with Crippen molar-refractivity contribution in [2.45, 2.75) is 36.9 Å². The van der Waals surface area contributed by atoms with Crippen LogP contribution in [0.3, 0.4) is 0 Å². The number of aliphatic hydroxyl groups is 1. The number of carbonyl (C=O) groups excluding carboxylic acids is 2. The summed E-state index contributed by atoms with van der Waals surface area (Å²) in [4.78, 5) is 28.5. The number of piperidine rings is 1. The van der Waals surface area contributed by atoms with Crippen molar-refractivity contribution in [1.29, 1.82) is 0 Å². The SMILES string of the molecule is COC1CNCCC1c1ccc(C(=O)N2CCN(C(=O)C3(O)CC3)CC2)cc1. The maximum absolute atomic E-state index is 12.8. The van der Waals surface area contributed by atoms with Gasteiger partial charge in [-0.25, -0.2) is 0 Å². The first-order valence-corrected chi connectivity index (χ1v) is 10.2. The quantitative estimate of drug-likeness (QED) is 0.790. The monoisotopic (exact) mass is 387 g/mol. The second kappa shape index (κ2) is 7.81. The van der Waals surface area contributed by atoms with Gasteiger partial charge in [0.1, 0.15) is 5.60 Å². The van der Waals surface area contributed by atoms with Gasteiger partial charge < -0.3 is 25.0 Å². The van der Waals surface area contributed by atoms with Gasteiger partial charge in [0.05, 0.1) is 6.10 Å². The van der Waals surface area contributed by atoms with Crippen LogP contribution in [0.2, 0.25) is 0 Å². The van der Waals surface area contributed by atoms with E-state index in [4.69, 9.17) is 4.74 Å². The van der Waals surface area contributed by atoms with Crippen LogP contribution < -0.4 is 5.32 Å². The van der Waals surface area contributed by atoms with Crippen LogP contribution in [0.15, 0.2) is 24.3 Å². The number of nitrogens with zero attached hydrogens (tertiary/aromatic N) is 2. The summed E-state index contributed by atoms with van der Waals surface area (Å²) in [6, 6.07) is 7.88. The van der Waals surface area contributed by atoms with E-state index in [-0.39, 0.29) is 17.9 Å². The van der Waals surface area contributed by atoms with Gasteiger partial charge in [0.2, 0.25) is 0 Å². The number of carbonyl (C=O) groups is 2. The van der Waals surface area contributed by atoms with Crippen LogP contribution in [0.1, 0.15) is 41.1 Å². The molecule has 1 aromatic carbocycles. The van der Waals surface area contributed by atoms with Crippen LogP contribution in [0.4, 0.5) is 0 Å². The standard InChI is InChI=1S/C21H29N3O4/c1-28-18-14-22-9-6-17(18)15-2-4-16(5-3-15)19(25)23-10-12-24(13-11-23)20(26)21(27)7-8-21/h2-5,17-18,22,27H,6-14H2,1H3. The van der Waals surface area contributed by atoms with E-state index in [9.17, 15) is 14.7 Å². The molecular formula is C21H29N3O4. The topological polar surface area (TPSA) is 82.1 Å². The molecule has 0 spiro atoms. The summed E-state index contributed by atoms with van der Waals surface area (Å²) in [5.41, 5.74) is 0.752. The van der Waals surface area contributed by atoms with E-state index >= 15 is 0 Å². The van der Waals surface area contributed by atoms with Gasteiger partial charge in [-0.2, -0.15) is 0 Å². The van der Waals surface area contributed by atoms with Crippen molar-refractivity contribution < 1.29 is 19.4 Å². The number of piperazine rings is 1. The molecule has 3 aliphatic rings. The predicted molar refractivity (Wildman–Crippen MR) is 104 cm³/mol. The molecule has 28 heavy (non-hydrogen) atoms. The fourth-order valence-corrected chi connectivity index (χ4v) is 4.25. The zero-order valence-corrected chi connectivity index (χ0v) is 16.4. The first kappa shape index (κ1) is 19.4. The van der Waals surface area contributed by atoms with Gasteiger partial charge in [0.25, 0.3) is 11.8 Å². The molecule has 3 fully saturated rings. The van der Waals surface area contributed by atoms with E-state index in [1.54, 1.807) is 16.9 Å². The molecule has 4 rings (SSSR count). The molecule has 0 bridgehead atoms. The first-order valence-electron chi connectivity index (χ1n) is 10.2. The highest BCUT2D eigenvalue weighted by Gasteiger charge is 2.50. The van der Waals surface area contributed by atoms with Crippen molar-refractivity contribution in [3.8, 4) is 0 Å². The van der Waals surface area contributed by atoms with Gasteiger partial charge in [-0.15, -0.1) is 0 Å². The van der Waals surface area contributed by atoms with E-state index in [0.29, 0.717) is 50.5 Å². The van der Waals surface area contributed by atoms with Crippen LogP contribution in [0.5, 0.6) is 0 Å². The molecule has 1 aliphatic carbocycles. The minimum atomic E-state index is -1.13. The van der Waals surface area contributed by atoms with Crippen molar-refractivity contribution in [2.24, 2.45) is 0 Å². The normalized spacial score (nSPS) is 26.8. The number of nitrogens with one attached hydrogen (secondary N) is 1. The Kier molecular flexibility index (Phi) is 5.40. The third kappa shape index (κ3) is 3.79. The van der Waals surface area contributed by atoms with Gasteiger partial charge >= 0.3 is 0 Å². The van der Waals surface area contributed by atoms with E-state index in [1.165, 1.54) is 5.56 Å². The number of benzene rings is 1. The summed E-state index contributed by atoms with van der Waals surface area (Å²) in [6.07, 6.45) is 2.28. The molecule has 7 nitrogen and oxygen atoms in total. The Hall–Kier alpha value is -1.96. The summed E-state index contributed by atoms with van der Waals surface area (Å²) in [5, 5.41) is 13.3. The zero-order chi connectivity index (χ0) is 19.7. The Morgan fingerprint density at radius 1 is 1.11 bits per heavy atom. The van der Waals surface area contributed by atoms with Crippen LogP contribution >= 0.6 is 0 Å². The van der Waals surface area contributed by atoms with Crippen molar-refractivity contribution in [2.75, 3.05) is 46.4 Å². The highest BCUT2D eigenvalue weighted by atomic mass is 16.5. The molecular weight excluding hydrogens is 358 g/mol. The molecule has 2 heterocycles. The smallest absolute Gasteiger partial charge is 0.254 e. The minimum absolute atomic E-state index is 0.00242. The molecule has 0 radical (unpaired) electrons. The molecule has 2 unspecified atom stereocenters. The summed E-state index contributed by atoms with van der Waals surface area (Å²) in [7, 11) is 1.74. The Morgan fingerprint density at radius 2 is 1.75 bits per heavy atom. The van der Waals surface area contributed by atoms with Crippen LogP contribution in [-0.2, 0) is 9.53 Å². The second-order valence-corrected chi connectivity index (χ2v) is 8.11. The van der Waals surface area contributed by atoms with Crippen LogP contribution in [0.25, 0.3) is 0 Å². The van der Waals surface area contributed by atoms with Gasteiger partial charge in [-0.05, 0) is 43.5 Å². The van der Waals surface area contributed by atoms with Gasteiger partial charge in [-0.1, -0.05) is 12.1 Å². The molecule has 2 atom stereocenters. The number of hydrogen-bond acceptors (Lipinski definition) is 5. The summed E-state index contributed by atoms with van der Waals surface area (Å²) >= 11 is 0. The number of hydrogen-bond donors (Lipinski definition) is 2. The molecule has 1 aromatic rings. The zero-order valence-electron chi connectivity index (χ0n) is 16.4. The average molecular weight is 387 g/mol. The average Bonchev–Trinajstić information content (AvgIpc) is 3.51. The lowest BCUT2D eigenvalue weighted by Gasteiger charge is -2.36. The Balaban J connectivity index is 1.36. The highest BCUT2D eigenvalue weighted by Crippen LogP contribution is 2.37. The van der Waals surface area contributed by atoms with Gasteiger partial charge in [0, 0.05) is 51.3 Å². The largest absolute Gasteiger partial charge is 0.380 e. The number of amides is 2. The molecule has 2 aliphatic heterocycles. The van der Waals surface area contributed by atoms with Gasteiger partial charge in [-0.3, -0.25) is 9.59 Å². The lowest BCUT2D eigenvalue weighted by molar-refractivity contribution is -0.143. The summed E-state index contributed by atoms with van der Waals surface area (Å²) < 4.78 is 5.60. The van der Waals surface area contributed by atoms with E-state index in [1.807, 2.05) is 24.3 Å². The van der Waals surface area contributed by atoms with Crippen molar-refractivity contribution >= 4 is 11.8 Å². The molecule has 2 saturated heterocycles. The number of methoxy groups -OCH3 is 1. The van der Waals surface area contributed by atoms with Crippen molar-refractivity contribution in [3.05, 3.63) is 35.4 Å². The molecule has 2 amide bonds. The predicted octanol–water partition coefficient (Wildman–Crippen LogP) is 0.588. The molecule has 2 N–H and O–H groups in total. The fraction of sp³-hybridized carbons (Fsp3) is 0.619. The maximum atomic E-state index is 12.8. The Bertz CT molecular complexity index is 724. The summed E-state index contributed by atoms with van der Waals surface area (Å²) in [6.45, 7) is 3.79. The van der Waals surface area contributed by atoms with Crippen molar-refractivity contribution in [3.63, 3.8) is 0 Å². The van der Waals surface area contributed by atoms with Crippen LogP contribution in [-0.4, -0.2) is 84.8 Å². The third-order valence-electron chi connectivity index (χ3n) is 6.29. The van der Waals surface area contributed by atoms with Crippen LogP contribution in [0, 0.1) is 0 Å². The van der Waals surface area contributed by atoms with E-state index in [2.05, 4.69) is 5.32 Å². The van der Waals surface area contributed by atoms with E-state index in [0.717, 1.165) is 19.5 Å². The molecule has 1 saturated carbocycles.